The Bertz CT molecular complexity index is 464. The SMILES string of the molecule is Cc1nn(CC(C)C(=O)N2CCCCC2)c(C)c1Br. The number of aryl methyl sites for hydroxylation is 1. The van der Waals surface area contributed by atoms with Gasteiger partial charge in [0.15, 0.2) is 0 Å². The highest BCUT2D eigenvalue weighted by atomic mass is 79.9. The van der Waals surface area contributed by atoms with E-state index in [-0.39, 0.29) is 11.8 Å². The van der Waals surface area contributed by atoms with E-state index >= 15 is 0 Å². The molecule has 2 rings (SSSR count). The first-order valence-corrected chi connectivity index (χ1v) is 7.78. The Morgan fingerprint density at radius 1 is 1.32 bits per heavy atom. The summed E-state index contributed by atoms with van der Waals surface area (Å²) >= 11 is 3.52. The molecule has 0 N–H and O–H groups in total. The molecule has 0 aliphatic carbocycles. The third-order valence-electron chi connectivity index (χ3n) is 3.83. The van der Waals surface area contributed by atoms with Crippen LogP contribution < -0.4 is 0 Å². The number of hydrogen-bond acceptors (Lipinski definition) is 2. The summed E-state index contributed by atoms with van der Waals surface area (Å²) in [6.07, 6.45) is 3.54. The standard InChI is InChI=1S/C14H22BrN3O/c1-10(14(19)17-7-5-4-6-8-17)9-18-12(3)13(15)11(2)16-18/h10H,4-9H2,1-3H3. The van der Waals surface area contributed by atoms with Crippen molar-refractivity contribution in [1.29, 1.82) is 0 Å². The molecule has 0 aromatic carbocycles. The van der Waals surface area contributed by atoms with Crippen LogP contribution >= 0.6 is 15.9 Å². The maximum absolute atomic E-state index is 12.4. The van der Waals surface area contributed by atoms with Crippen LogP contribution in [-0.4, -0.2) is 33.7 Å². The maximum atomic E-state index is 12.4. The Hall–Kier alpha value is -0.840. The van der Waals surface area contributed by atoms with Gasteiger partial charge in [0.1, 0.15) is 0 Å². The lowest BCUT2D eigenvalue weighted by Crippen LogP contribution is -2.40. The molecule has 1 unspecified atom stereocenters. The first-order chi connectivity index (χ1) is 9.00. The van der Waals surface area contributed by atoms with Gasteiger partial charge in [-0.25, -0.2) is 0 Å². The second-order valence-electron chi connectivity index (χ2n) is 5.45. The van der Waals surface area contributed by atoms with E-state index < -0.39 is 0 Å². The summed E-state index contributed by atoms with van der Waals surface area (Å²) in [6.45, 7) is 8.51. The van der Waals surface area contributed by atoms with Gasteiger partial charge in [-0.2, -0.15) is 5.10 Å². The zero-order chi connectivity index (χ0) is 14.0. The van der Waals surface area contributed by atoms with Gasteiger partial charge in [-0.05, 0) is 49.0 Å². The van der Waals surface area contributed by atoms with Crippen molar-refractivity contribution in [3.8, 4) is 0 Å². The van der Waals surface area contributed by atoms with Crippen molar-refractivity contribution >= 4 is 21.8 Å². The predicted octanol–water partition coefficient (Wildman–Crippen LogP) is 2.91. The highest BCUT2D eigenvalue weighted by Crippen LogP contribution is 2.21. The van der Waals surface area contributed by atoms with E-state index in [4.69, 9.17) is 0 Å². The molecule has 1 aromatic rings. The van der Waals surface area contributed by atoms with E-state index in [1.807, 2.05) is 30.4 Å². The van der Waals surface area contributed by atoms with Crippen molar-refractivity contribution in [1.82, 2.24) is 14.7 Å². The van der Waals surface area contributed by atoms with Gasteiger partial charge in [-0.1, -0.05) is 6.92 Å². The number of nitrogens with zero attached hydrogens (tertiary/aromatic N) is 3. The zero-order valence-electron chi connectivity index (χ0n) is 11.9. The number of aromatic nitrogens is 2. The molecule has 19 heavy (non-hydrogen) atoms. The van der Waals surface area contributed by atoms with Gasteiger partial charge in [-0.3, -0.25) is 9.48 Å². The molecule has 1 aliphatic heterocycles. The van der Waals surface area contributed by atoms with Crippen molar-refractivity contribution in [2.45, 2.75) is 46.6 Å². The third-order valence-corrected chi connectivity index (χ3v) is 4.98. The van der Waals surface area contributed by atoms with Crippen LogP contribution in [-0.2, 0) is 11.3 Å². The lowest BCUT2D eigenvalue weighted by molar-refractivity contribution is -0.136. The molecule has 1 aliphatic rings. The molecule has 2 heterocycles. The minimum atomic E-state index is -0.0111. The fourth-order valence-corrected chi connectivity index (χ4v) is 2.90. The highest BCUT2D eigenvalue weighted by molar-refractivity contribution is 9.10. The van der Waals surface area contributed by atoms with Crippen LogP contribution in [0.4, 0.5) is 0 Å². The Labute approximate surface area is 123 Å². The molecule has 0 saturated carbocycles. The van der Waals surface area contributed by atoms with Crippen molar-refractivity contribution < 1.29 is 4.79 Å². The fraction of sp³-hybridized carbons (Fsp3) is 0.714. The number of hydrogen-bond donors (Lipinski definition) is 0. The predicted molar refractivity (Wildman–Crippen MR) is 79.0 cm³/mol. The summed E-state index contributed by atoms with van der Waals surface area (Å²) in [5, 5.41) is 4.48. The molecular weight excluding hydrogens is 306 g/mol. The largest absolute Gasteiger partial charge is 0.342 e. The molecule has 1 saturated heterocycles. The Balaban J connectivity index is 2.01. The van der Waals surface area contributed by atoms with E-state index in [9.17, 15) is 4.79 Å². The van der Waals surface area contributed by atoms with Crippen LogP contribution in [0.1, 0.15) is 37.6 Å². The number of rotatable bonds is 3. The molecule has 1 aromatic heterocycles. The summed E-state index contributed by atoms with van der Waals surface area (Å²) in [5.41, 5.74) is 2.07. The minimum absolute atomic E-state index is 0.0111. The van der Waals surface area contributed by atoms with Crippen molar-refractivity contribution in [2.24, 2.45) is 5.92 Å². The van der Waals surface area contributed by atoms with E-state index in [1.54, 1.807) is 0 Å². The highest BCUT2D eigenvalue weighted by Gasteiger charge is 2.23. The third kappa shape index (κ3) is 3.19. The van der Waals surface area contributed by atoms with E-state index in [1.165, 1.54) is 6.42 Å². The summed E-state index contributed by atoms with van der Waals surface area (Å²) in [4.78, 5) is 14.4. The lowest BCUT2D eigenvalue weighted by Gasteiger charge is -2.29. The normalized spacial score (nSPS) is 17.6. The maximum Gasteiger partial charge on any atom is 0.227 e. The number of amides is 1. The van der Waals surface area contributed by atoms with Crippen molar-refractivity contribution in [2.75, 3.05) is 13.1 Å². The van der Waals surface area contributed by atoms with Crippen LogP contribution in [0.15, 0.2) is 4.47 Å². The van der Waals surface area contributed by atoms with Crippen molar-refractivity contribution in [3.05, 3.63) is 15.9 Å². The van der Waals surface area contributed by atoms with Gasteiger partial charge >= 0.3 is 0 Å². The zero-order valence-corrected chi connectivity index (χ0v) is 13.5. The second kappa shape index (κ2) is 6.07. The van der Waals surface area contributed by atoms with Crippen LogP contribution in [0.5, 0.6) is 0 Å². The Morgan fingerprint density at radius 2 is 1.95 bits per heavy atom. The van der Waals surface area contributed by atoms with Gasteiger partial charge in [-0.15, -0.1) is 0 Å². The quantitative estimate of drug-likeness (QED) is 0.856. The van der Waals surface area contributed by atoms with E-state index in [2.05, 4.69) is 21.0 Å². The minimum Gasteiger partial charge on any atom is -0.342 e. The Kier molecular flexibility index (Phi) is 4.66. The molecule has 1 amide bonds. The monoisotopic (exact) mass is 327 g/mol. The number of carbonyl (C=O) groups is 1. The van der Waals surface area contributed by atoms with E-state index in [0.717, 1.165) is 41.8 Å². The average Bonchev–Trinajstić information content (AvgIpc) is 2.66. The smallest absolute Gasteiger partial charge is 0.227 e. The molecule has 0 radical (unpaired) electrons. The second-order valence-corrected chi connectivity index (χ2v) is 6.25. The summed E-state index contributed by atoms with van der Waals surface area (Å²) in [6, 6.07) is 0. The summed E-state index contributed by atoms with van der Waals surface area (Å²) < 4.78 is 2.98. The topological polar surface area (TPSA) is 38.1 Å². The summed E-state index contributed by atoms with van der Waals surface area (Å²) in [7, 11) is 0. The lowest BCUT2D eigenvalue weighted by atomic mass is 10.1. The molecule has 0 spiro atoms. The number of halogens is 1. The molecule has 5 heteroatoms. The van der Waals surface area contributed by atoms with Gasteiger partial charge in [0, 0.05) is 18.8 Å². The molecule has 4 nitrogen and oxygen atoms in total. The fourth-order valence-electron chi connectivity index (χ4n) is 2.62. The number of piperidine rings is 1. The number of likely N-dealkylation sites (tertiary alicyclic amines) is 1. The van der Waals surface area contributed by atoms with Crippen LogP contribution in [0.25, 0.3) is 0 Å². The van der Waals surface area contributed by atoms with Gasteiger partial charge in [0.2, 0.25) is 5.91 Å². The van der Waals surface area contributed by atoms with Gasteiger partial charge < -0.3 is 4.90 Å². The first kappa shape index (κ1) is 14.6. The van der Waals surface area contributed by atoms with Gasteiger partial charge in [0.25, 0.3) is 0 Å². The molecule has 1 atom stereocenters. The molecular formula is C14H22BrN3O. The van der Waals surface area contributed by atoms with Gasteiger partial charge in [0.05, 0.1) is 22.6 Å². The first-order valence-electron chi connectivity index (χ1n) is 6.99. The van der Waals surface area contributed by atoms with Crippen LogP contribution in [0, 0.1) is 19.8 Å². The summed E-state index contributed by atoms with van der Waals surface area (Å²) in [5.74, 6) is 0.256. The Morgan fingerprint density at radius 3 is 2.47 bits per heavy atom. The average molecular weight is 328 g/mol. The van der Waals surface area contributed by atoms with Crippen LogP contribution in [0.3, 0.4) is 0 Å². The molecule has 106 valence electrons. The molecule has 1 fully saturated rings. The van der Waals surface area contributed by atoms with Crippen LogP contribution in [0.2, 0.25) is 0 Å². The number of carbonyl (C=O) groups excluding carboxylic acids is 1. The molecule has 0 bridgehead atoms. The van der Waals surface area contributed by atoms with E-state index in [0.29, 0.717) is 6.54 Å². The van der Waals surface area contributed by atoms with Crippen molar-refractivity contribution in [3.63, 3.8) is 0 Å².